The summed E-state index contributed by atoms with van der Waals surface area (Å²) in [6.45, 7) is 1.89. The fourth-order valence-electron chi connectivity index (χ4n) is 3.29. The van der Waals surface area contributed by atoms with E-state index in [2.05, 4.69) is 25.9 Å². The van der Waals surface area contributed by atoms with E-state index in [9.17, 15) is 26.4 Å². The first-order valence-corrected chi connectivity index (χ1v) is 11.6. The van der Waals surface area contributed by atoms with Crippen LogP contribution in [0.4, 0.5) is 36.3 Å². The Hall–Kier alpha value is -2.93. The Labute approximate surface area is 183 Å². The summed E-state index contributed by atoms with van der Waals surface area (Å²) in [5, 5.41) is 8.18. The van der Waals surface area contributed by atoms with Crippen LogP contribution in [0.15, 0.2) is 30.5 Å². The van der Waals surface area contributed by atoms with Crippen molar-refractivity contribution in [3.63, 3.8) is 0 Å². The number of amides is 1. The predicted octanol–water partition coefficient (Wildman–Crippen LogP) is 3.03. The number of halogens is 3. The van der Waals surface area contributed by atoms with E-state index in [0.717, 1.165) is 6.26 Å². The molecule has 1 fully saturated rings. The van der Waals surface area contributed by atoms with Gasteiger partial charge in [-0.05, 0) is 25.0 Å². The molecule has 0 unspecified atom stereocenters. The summed E-state index contributed by atoms with van der Waals surface area (Å²) in [6.07, 6.45) is -1.96. The first-order chi connectivity index (χ1) is 14.9. The molecule has 0 atom stereocenters. The van der Waals surface area contributed by atoms with Crippen LogP contribution in [-0.4, -0.2) is 54.0 Å². The zero-order valence-electron chi connectivity index (χ0n) is 17.4. The van der Waals surface area contributed by atoms with Crippen molar-refractivity contribution in [3.8, 4) is 0 Å². The van der Waals surface area contributed by atoms with Crippen LogP contribution >= 0.6 is 0 Å². The Morgan fingerprint density at radius 3 is 2.34 bits per heavy atom. The summed E-state index contributed by atoms with van der Waals surface area (Å²) in [5.74, 6) is -0.863. The third kappa shape index (κ3) is 6.07. The molecule has 3 N–H and O–H groups in total. The van der Waals surface area contributed by atoms with E-state index in [0.29, 0.717) is 37.8 Å². The lowest BCUT2D eigenvalue weighted by atomic mass is 10.1. The molecule has 0 spiro atoms. The van der Waals surface area contributed by atoms with Gasteiger partial charge in [-0.3, -0.25) is 4.79 Å². The number of hydrogen-bond acceptors (Lipinski definition) is 7. The van der Waals surface area contributed by atoms with Crippen LogP contribution in [0.3, 0.4) is 0 Å². The van der Waals surface area contributed by atoms with Crippen LogP contribution < -0.4 is 16.0 Å². The number of carbonyl (C=O) groups is 1. The highest BCUT2D eigenvalue weighted by Gasteiger charge is 2.36. The van der Waals surface area contributed by atoms with Crippen LogP contribution in [-0.2, 0) is 21.0 Å². The molecular weight excluding hydrogens is 449 g/mol. The SMILES string of the molecule is CC(=O)Nc1ccccc1Nc1nc(NC2CCN(S(C)(=O)=O)CC2)ncc1C(F)(F)F. The molecular formula is C19H23F3N6O3S. The van der Waals surface area contributed by atoms with Crippen molar-refractivity contribution in [3.05, 3.63) is 36.0 Å². The number of piperidine rings is 1. The predicted molar refractivity (Wildman–Crippen MR) is 114 cm³/mol. The van der Waals surface area contributed by atoms with Crippen molar-refractivity contribution in [1.29, 1.82) is 0 Å². The minimum absolute atomic E-state index is 0.0182. The summed E-state index contributed by atoms with van der Waals surface area (Å²) in [4.78, 5) is 19.2. The number of alkyl halides is 3. The molecule has 174 valence electrons. The summed E-state index contributed by atoms with van der Waals surface area (Å²) in [7, 11) is -3.29. The van der Waals surface area contributed by atoms with E-state index >= 15 is 0 Å². The Balaban J connectivity index is 1.83. The summed E-state index contributed by atoms with van der Waals surface area (Å²) in [6, 6.07) is 6.12. The van der Waals surface area contributed by atoms with Crippen LogP contribution in [0.2, 0.25) is 0 Å². The standard InChI is InChI=1S/C19H23F3N6O3S/c1-12(29)24-15-5-3-4-6-16(15)26-17-14(19(20,21)22)11-23-18(27-17)25-13-7-9-28(10-8-13)32(2,30)31/h3-6,11,13H,7-10H2,1-2H3,(H,24,29)(H2,23,25,26,27). The first kappa shape index (κ1) is 23.7. The lowest BCUT2D eigenvalue weighted by Gasteiger charge is -2.30. The molecule has 13 heteroatoms. The van der Waals surface area contributed by atoms with Gasteiger partial charge in [-0.25, -0.2) is 17.7 Å². The van der Waals surface area contributed by atoms with Crippen molar-refractivity contribution in [2.45, 2.75) is 32.0 Å². The number of anilines is 4. The summed E-state index contributed by atoms with van der Waals surface area (Å²) >= 11 is 0. The molecule has 0 bridgehead atoms. The van der Waals surface area contributed by atoms with E-state index in [-0.39, 0.29) is 23.6 Å². The fourth-order valence-corrected chi connectivity index (χ4v) is 4.16. The van der Waals surface area contributed by atoms with E-state index in [1.54, 1.807) is 18.2 Å². The number of benzene rings is 1. The highest BCUT2D eigenvalue weighted by atomic mass is 32.2. The maximum absolute atomic E-state index is 13.5. The molecule has 1 aromatic heterocycles. The van der Waals surface area contributed by atoms with Crippen molar-refractivity contribution >= 4 is 39.1 Å². The van der Waals surface area contributed by atoms with Gasteiger partial charge in [0, 0.05) is 32.3 Å². The average Bonchev–Trinajstić information content (AvgIpc) is 2.68. The molecule has 32 heavy (non-hydrogen) atoms. The van der Waals surface area contributed by atoms with Gasteiger partial charge in [0.1, 0.15) is 11.4 Å². The highest BCUT2D eigenvalue weighted by Crippen LogP contribution is 2.36. The smallest absolute Gasteiger partial charge is 0.351 e. The minimum Gasteiger partial charge on any atom is -0.351 e. The second kappa shape index (κ2) is 9.28. The Morgan fingerprint density at radius 1 is 1.16 bits per heavy atom. The van der Waals surface area contributed by atoms with E-state index in [1.165, 1.54) is 17.3 Å². The second-order valence-corrected chi connectivity index (χ2v) is 9.37. The van der Waals surface area contributed by atoms with Gasteiger partial charge in [0.05, 0.1) is 17.6 Å². The molecule has 2 heterocycles. The first-order valence-electron chi connectivity index (χ1n) is 9.73. The quantitative estimate of drug-likeness (QED) is 0.592. The molecule has 1 saturated heterocycles. The van der Waals surface area contributed by atoms with Crippen LogP contribution in [0, 0.1) is 0 Å². The molecule has 0 radical (unpaired) electrons. The summed E-state index contributed by atoms with van der Waals surface area (Å²) < 4.78 is 65.2. The number of nitrogens with zero attached hydrogens (tertiary/aromatic N) is 3. The molecule has 1 aromatic carbocycles. The van der Waals surface area contributed by atoms with Crippen molar-refractivity contribution < 1.29 is 26.4 Å². The molecule has 2 aromatic rings. The zero-order valence-corrected chi connectivity index (χ0v) is 18.2. The average molecular weight is 472 g/mol. The van der Waals surface area contributed by atoms with Crippen molar-refractivity contribution in [1.82, 2.24) is 14.3 Å². The third-order valence-corrected chi connectivity index (χ3v) is 6.14. The molecule has 1 amide bonds. The number of sulfonamides is 1. The van der Waals surface area contributed by atoms with E-state index in [1.807, 2.05) is 0 Å². The van der Waals surface area contributed by atoms with Crippen molar-refractivity contribution in [2.75, 3.05) is 35.3 Å². The highest BCUT2D eigenvalue weighted by molar-refractivity contribution is 7.88. The van der Waals surface area contributed by atoms with E-state index < -0.39 is 27.6 Å². The number of nitrogens with one attached hydrogen (secondary N) is 3. The van der Waals surface area contributed by atoms with E-state index in [4.69, 9.17) is 0 Å². The second-order valence-electron chi connectivity index (χ2n) is 7.39. The number of hydrogen-bond donors (Lipinski definition) is 3. The van der Waals surface area contributed by atoms with Gasteiger partial charge in [-0.2, -0.15) is 18.2 Å². The Morgan fingerprint density at radius 2 is 1.78 bits per heavy atom. The van der Waals surface area contributed by atoms with Gasteiger partial charge in [-0.1, -0.05) is 12.1 Å². The molecule has 0 aliphatic carbocycles. The van der Waals surface area contributed by atoms with Gasteiger partial charge in [0.15, 0.2) is 0 Å². The van der Waals surface area contributed by atoms with Gasteiger partial charge >= 0.3 is 6.18 Å². The van der Waals surface area contributed by atoms with Gasteiger partial charge in [-0.15, -0.1) is 0 Å². The van der Waals surface area contributed by atoms with Gasteiger partial charge in [0.25, 0.3) is 0 Å². The third-order valence-electron chi connectivity index (χ3n) is 4.84. The largest absolute Gasteiger partial charge is 0.421 e. The lowest BCUT2D eigenvalue weighted by molar-refractivity contribution is -0.137. The lowest BCUT2D eigenvalue weighted by Crippen LogP contribution is -2.42. The topological polar surface area (TPSA) is 116 Å². The Bertz CT molecular complexity index is 1090. The van der Waals surface area contributed by atoms with Crippen LogP contribution in [0.1, 0.15) is 25.3 Å². The number of carbonyl (C=O) groups excluding carboxylic acids is 1. The number of para-hydroxylation sites is 2. The molecule has 3 rings (SSSR count). The Kier molecular flexibility index (Phi) is 6.88. The van der Waals surface area contributed by atoms with Crippen molar-refractivity contribution in [2.24, 2.45) is 0 Å². The monoisotopic (exact) mass is 472 g/mol. The maximum atomic E-state index is 13.5. The minimum atomic E-state index is -4.70. The molecule has 9 nitrogen and oxygen atoms in total. The van der Waals surface area contributed by atoms with Gasteiger partial charge < -0.3 is 16.0 Å². The van der Waals surface area contributed by atoms with Crippen LogP contribution in [0.25, 0.3) is 0 Å². The maximum Gasteiger partial charge on any atom is 0.421 e. The number of rotatable bonds is 6. The van der Waals surface area contributed by atoms with Gasteiger partial charge in [0.2, 0.25) is 21.9 Å². The molecule has 1 aliphatic rings. The summed E-state index contributed by atoms with van der Waals surface area (Å²) in [5.41, 5.74) is -0.527. The fraction of sp³-hybridized carbons (Fsp3) is 0.421. The van der Waals surface area contributed by atoms with Crippen LogP contribution in [0.5, 0.6) is 0 Å². The number of aromatic nitrogens is 2. The normalized spacial score (nSPS) is 15.9. The zero-order chi connectivity index (χ0) is 23.5. The molecule has 0 saturated carbocycles. The molecule has 1 aliphatic heterocycles.